The van der Waals surface area contributed by atoms with Gasteiger partial charge in [0.15, 0.2) is 5.41 Å². The van der Waals surface area contributed by atoms with E-state index >= 15 is 0 Å². The minimum Gasteiger partial charge on any atom is -0.354 e. The molecule has 16 heavy (non-hydrogen) atoms. The van der Waals surface area contributed by atoms with Crippen molar-refractivity contribution < 1.29 is 9.47 Å². The number of hydrogen-bond donors (Lipinski definition) is 0. The summed E-state index contributed by atoms with van der Waals surface area (Å²) < 4.78 is 10.7. The molecule has 3 radical (unpaired) electrons. The molecule has 0 unspecified atom stereocenters. The Kier molecular flexibility index (Phi) is 3.09. The maximum atomic E-state index is 5.37. The summed E-state index contributed by atoms with van der Waals surface area (Å²) >= 11 is 0. The van der Waals surface area contributed by atoms with E-state index in [1.54, 1.807) is 14.2 Å². The summed E-state index contributed by atoms with van der Waals surface area (Å²) in [5, 5.41) is 2.28. The average molecular weight is 229 g/mol. The van der Waals surface area contributed by atoms with Crippen LogP contribution in [0.3, 0.4) is 0 Å². The van der Waals surface area contributed by atoms with E-state index in [4.69, 9.17) is 9.47 Å². The lowest BCUT2D eigenvalue weighted by atomic mass is 10.0. The topological polar surface area (TPSA) is 18.5 Å². The molecule has 0 heterocycles. The van der Waals surface area contributed by atoms with Gasteiger partial charge in [0.25, 0.3) is 0 Å². The van der Waals surface area contributed by atoms with E-state index in [0.717, 1.165) is 16.3 Å². The van der Waals surface area contributed by atoms with Crippen molar-refractivity contribution in [2.75, 3.05) is 14.2 Å². The zero-order valence-corrected chi connectivity index (χ0v) is 10.4. The van der Waals surface area contributed by atoms with Gasteiger partial charge in [-0.2, -0.15) is 0 Å². The van der Waals surface area contributed by atoms with E-state index in [2.05, 4.69) is 28.4 Å². The molecule has 2 nitrogen and oxygen atoms in total. The van der Waals surface area contributed by atoms with Crippen LogP contribution in [0.15, 0.2) is 42.5 Å². The second kappa shape index (κ2) is 4.37. The molecule has 0 bridgehead atoms. The van der Waals surface area contributed by atoms with Crippen LogP contribution in [-0.4, -0.2) is 24.5 Å². The van der Waals surface area contributed by atoms with Gasteiger partial charge in [-0.1, -0.05) is 42.5 Å². The van der Waals surface area contributed by atoms with E-state index in [1.165, 1.54) is 0 Å². The first-order chi connectivity index (χ1) is 7.71. The SMILES string of the molecule is COC([Si])(OC)c1cccc2ccccc12. The van der Waals surface area contributed by atoms with Crippen LogP contribution in [0.25, 0.3) is 10.8 Å². The Hall–Kier alpha value is -1.16. The van der Waals surface area contributed by atoms with Gasteiger partial charge in [0.05, 0.1) is 0 Å². The fourth-order valence-electron chi connectivity index (χ4n) is 1.82. The highest BCUT2D eigenvalue weighted by molar-refractivity contribution is 6.15. The molecule has 0 spiro atoms. The van der Waals surface area contributed by atoms with E-state index in [9.17, 15) is 0 Å². The summed E-state index contributed by atoms with van der Waals surface area (Å²) in [7, 11) is 6.74. The maximum absolute atomic E-state index is 5.37. The van der Waals surface area contributed by atoms with Crippen LogP contribution in [0.2, 0.25) is 0 Å². The van der Waals surface area contributed by atoms with Crippen molar-refractivity contribution in [1.29, 1.82) is 0 Å². The normalized spacial score (nSPS) is 11.9. The number of ether oxygens (including phenoxy) is 2. The molecule has 3 heteroatoms. The number of benzene rings is 2. The van der Waals surface area contributed by atoms with Crippen LogP contribution in [0, 0.1) is 0 Å². The summed E-state index contributed by atoms with van der Waals surface area (Å²) in [6.07, 6.45) is 0. The van der Waals surface area contributed by atoms with Gasteiger partial charge in [-0.25, -0.2) is 0 Å². The molecule has 0 aliphatic carbocycles. The van der Waals surface area contributed by atoms with E-state index in [1.807, 2.05) is 24.3 Å². The van der Waals surface area contributed by atoms with Crippen molar-refractivity contribution in [2.24, 2.45) is 0 Å². The molecular formula is C13H13O2Si. The first-order valence-electron chi connectivity index (χ1n) is 5.05. The molecule has 0 aliphatic heterocycles. The van der Waals surface area contributed by atoms with Gasteiger partial charge in [0, 0.05) is 19.8 Å². The average Bonchev–Trinajstić information content (AvgIpc) is 2.37. The second-order valence-electron chi connectivity index (χ2n) is 3.55. The zero-order valence-electron chi connectivity index (χ0n) is 9.36. The van der Waals surface area contributed by atoms with E-state index in [-0.39, 0.29) is 0 Å². The van der Waals surface area contributed by atoms with Gasteiger partial charge in [-0.15, -0.1) is 0 Å². The van der Waals surface area contributed by atoms with E-state index < -0.39 is 5.41 Å². The number of rotatable bonds is 3. The zero-order chi connectivity index (χ0) is 11.6. The minimum absolute atomic E-state index is 0.888. The molecule has 0 saturated carbocycles. The van der Waals surface area contributed by atoms with E-state index in [0.29, 0.717) is 0 Å². The third kappa shape index (κ3) is 1.77. The molecule has 2 rings (SSSR count). The molecule has 0 atom stereocenters. The Bertz CT molecular complexity index is 487. The fourth-order valence-corrected chi connectivity index (χ4v) is 2.03. The van der Waals surface area contributed by atoms with Crippen molar-refractivity contribution in [1.82, 2.24) is 0 Å². The second-order valence-corrected chi connectivity index (χ2v) is 4.21. The highest BCUT2D eigenvalue weighted by Gasteiger charge is 2.27. The molecule has 81 valence electrons. The Balaban J connectivity index is 2.69. The lowest BCUT2D eigenvalue weighted by molar-refractivity contribution is -0.147. The molecule has 2 aromatic carbocycles. The maximum Gasteiger partial charge on any atom is 0.168 e. The summed E-state index contributed by atoms with van der Waals surface area (Å²) in [5.74, 6) is 0. The lowest BCUT2D eigenvalue weighted by Gasteiger charge is -2.28. The monoisotopic (exact) mass is 229 g/mol. The Morgan fingerprint density at radius 2 is 1.56 bits per heavy atom. The van der Waals surface area contributed by atoms with Gasteiger partial charge in [-0.05, 0) is 10.8 Å². The van der Waals surface area contributed by atoms with Crippen molar-refractivity contribution >= 4 is 21.0 Å². The summed E-state index contributed by atoms with van der Waals surface area (Å²) in [6.45, 7) is 0. The predicted octanol–water partition coefficient (Wildman–Crippen LogP) is 2.41. The van der Waals surface area contributed by atoms with Crippen LogP contribution < -0.4 is 0 Å². The molecule has 0 aliphatic rings. The van der Waals surface area contributed by atoms with Crippen LogP contribution >= 0.6 is 0 Å². The van der Waals surface area contributed by atoms with Gasteiger partial charge in [0.2, 0.25) is 0 Å². The number of methoxy groups -OCH3 is 2. The summed E-state index contributed by atoms with van der Waals surface area (Å²) in [4.78, 5) is 0. The quantitative estimate of drug-likeness (QED) is 0.594. The van der Waals surface area contributed by atoms with Gasteiger partial charge in [-0.3, -0.25) is 0 Å². The van der Waals surface area contributed by atoms with Gasteiger partial charge < -0.3 is 9.47 Å². The van der Waals surface area contributed by atoms with Crippen LogP contribution in [0.4, 0.5) is 0 Å². The first-order valence-corrected chi connectivity index (χ1v) is 5.55. The lowest BCUT2D eigenvalue weighted by Crippen LogP contribution is -2.31. The fraction of sp³-hybridized carbons (Fsp3) is 0.231. The van der Waals surface area contributed by atoms with Crippen molar-refractivity contribution in [2.45, 2.75) is 5.41 Å². The summed E-state index contributed by atoms with van der Waals surface area (Å²) in [6, 6.07) is 14.2. The van der Waals surface area contributed by atoms with Crippen LogP contribution in [-0.2, 0) is 14.9 Å². The number of hydrogen-bond acceptors (Lipinski definition) is 2. The summed E-state index contributed by atoms with van der Waals surface area (Å²) in [5.41, 5.74) is 0.0770. The molecule has 0 fully saturated rings. The highest BCUT2D eigenvalue weighted by Crippen LogP contribution is 2.29. The molecule has 2 aromatic rings. The van der Waals surface area contributed by atoms with Gasteiger partial charge >= 0.3 is 0 Å². The highest BCUT2D eigenvalue weighted by atomic mass is 28.1. The molecular weight excluding hydrogens is 216 g/mol. The predicted molar refractivity (Wildman–Crippen MR) is 65.4 cm³/mol. The Labute approximate surface area is 98.6 Å². The van der Waals surface area contributed by atoms with Crippen LogP contribution in [0.1, 0.15) is 5.56 Å². The molecule has 0 N–H and O–H groups in total. The number of fused-ring (bicyclic) bond motifs is 1. The minimum atomic E-state index is -0.888. The third-order valence-corrected chi connectivity index (χ3v) is 3.40. The first kappa shape index (κ1) is 11.3. The largest absolute Gasteiger partial charge is 0.354 e. The Morgan fingerprint density at radius 3 is 2.25 bits per heavy atom. The Morgan fingerprint density at radius 1 is 0.938 bits per heavy atom. The van der Waals surface area contributed by atoms with Crippen molar-refractivity contribution in [3.8, 4) is 0 Å². The standard InChI is InChI=1S/C13H13O2Si/c1-14-13(16,15-2)12-9-5-7-10-6-3-4-8-11(10)12/h3-9H,1-2H3. The molecule has 0 amide bonds. The van der Waals surface area contributed by atoms with Crippen LogP contribution in [0.5, 0.6) is 0 Å². The molecule has 0 saturated heterocycles. The van der Waals surface area contributed by atoms with Crippen molar-refractivity contribution in [3.05, 3.63) is 48.0 Å². The smallest absolute Gasteiger partial charge is 0.168 e. The molecule has 0 aromatic heterocycles. The van der Waals surface area contributed by atoms with Crippen molar-refractivity contribution in [3.63, 3.8) is 0 Å². The third-order valence-electron chi connectivity index (χ3n) is 2.72. The van der Waals surface area contributed by atoms with Gasteiger partial charge in [0.1, 0.15) is 10.2 Å².